The normalized spacial score (nSPS) is 22.1. The van der Waals surface area contributed by atoms with Crippen molar-refractivity contribution in [2.24, 2.45) is 5.92 Å². The summed E-state index contributed by atoms with van der Waals surface area (Å²) in [6.45, 7) is 3.89. The van der Waals surface area contributed by atoms with Crippen LogP contribution in [0.15, 0.2) is 24.5 Å². The number of aromatic amines is 1. The highest BCUT2D eigenvalue weighted by atomic mass is 15.1. The summed E-state index contributed by atoms with van der Waals surface area (Å²) in [5, 5.41) is 1.32. The van der Waals surface area contributed by atoms with Gasteiger partial charge in [0, 0.05) is 24.3 Å². The van der Waals surface area contributed by atoms with Crippen LogP contribution in [0.1, 0.15) is 37.2 Å². The number of aromatic nitrogens is 2. The molecule has 3 nitrogen and oxygen atoms in total. The number of pyridine rings is 1. The zero-order chi connectivity index (χ0) is 12.7. The topological polar surface area (TPSA) is 31.9 Å². The van der Waals surface area contributed by atoms with Crippen molar-refractivity contribution in [3.05, 3.63) is 30.1 Å². The molecular weight excluding hydrogens is 234 g/mol. The van der Waals surface area contributed by atoms with Crippen LogP contribution in [0.2, 0.25) is 0 Å². The molecule has 100 valence electrons. The Kier molecular flexibility index (Phi) is 2.80. The summed E-state index contributed by atoms with van der Waals surface area (Å²) in [6.07, 6.45) is 9.57. The van der Waals surface area contributed by atoms with Crippen LogP contribution < -0.4 is 0 Å². The molecule has 2 aromatic rings. The Morgan fingerprint density at radius 3 is 2.84 bits per heavy atom. The fourth-order valence-corrected chi connectivity index (χ4v) is 3.41. The van der Waals surface area contributed by atoms with E-state index < -0.39 is 0 Å². The maximum atomic E-state index is 4.39. The predicted octanol–water partition coefficient (Wildman–Crippen LogP) is 3.15. The number of piperidine rings is 1. The van der Waals surface area contributed by atoms with Gasteiger partial charge in [-0.2, -0.15) is 0 Å². The molecule has 0 unspecified atom stereocenters. The summed E-state index contributed by atoms with van der Waals surface area (Å²) in [5.74, 6) is 1.74. The molecule has 0 atom stereocenters. The molecule has 19 heavy (non-hydrogen) atoms. The van der Waals surface area contributed by atoms with Crippen LogP contribution >= 0.6 is 0 Å². The Balaban J connectivity index is 1.48. The minimum Gasteiger partial charge on any atom is -0.346 e. The Morgan fingerprint density at radius 2 is 2.05 bits per heavy atom. The van der Waals surface area contributed by atoms with Crippen molar-refractivity contribution in [1.29, 1.82) is 0 Å². The van der Waals surface area contributed by atoms with Gasteiger partial charge in [0.1, 0.15) is 5.65 Å². The third-order valence-corrected chi connectivity index (χ3v) is 4.72. The summed E-state index contributed by atoms with van der Waals surface area (Å²) in [4.78, 5) is 10.4. The zero-order valence-corrected chi connectivity index (χ0v) is 11.3. The van der Waals surface area contributed by atoms with E-state index in [2.05, 4.69) is 27.1 Å². The average molecular weight is 255 g/mol. The lowest BCUT2D eigenvalue weighted by atomic mass is 9.89. The highest BCUT2D eigenvalue weighted by molar-refractivity contribution is 5.80. The highest BCUT2D eigenvalue weighted by Gasteiger charge is 2.28. The molecule has 1 N–H and O–H groups in total. The highest BCUT2D eigenvalue weighted by Crippen LogP contribution is 2.35. The van der Waals surface area contributed by atoms with Crippen molar-refractivity contribution in [3.63, 3.8) is 0 Å². The lowest BCUT2D eigenvalue weighted by Crippen LogP contribution is -2.34. The fraction of sp³-hybridized carbons (Fsp3) is 0.562. The molecule has 1 aliphatic carbocycles. The number of likely N-dealkylation sites (tertiary alicyclic amines) is 1. The number of rotatable bonds is 3. The number of fused-ring (bicyclic) bond motifs is 1. The van der Waals surface area contributed by atoms with E-state index in [9.17, 15) is 0 Å². The van der Waals surface area contributed by atoms with Crippen LogP contribution in [0.4, 0.5) is 0 Å². The molecule has 0 spiro atoms. The fourth-order valence-electron chi connectivity index (χ4n) is 3.41. The maximum absolute atomic E-state index is 4.39. The lowest BCUT2D eigenvalue weighted by molar-refractivity contribution is 0.205. The number of H-pyrrole nitrogens is 1. The molecule has 4 rings (SSSR count). The molecule has 1 saturated heterocycles. The van der Waals surface area contributed by atoms with E-state index in [4.69, 9.17) is 0 Å². The van der Waals surface area contributed by atoms with Gasteiger partial charge >= 0.3 is 0 Å². The van der Waals surface area contributed by atoms with Gasteiger partial charge in [0.2, 0.25) is 0 Å². The van der Waals surface area contributed by atoms with Crippen molar-refractivity contribution in [2.45, 2.75) is 31.6 Å². The predicted molar refractivity (Wildman–Crippen MR) is 77.2 cm³/mol. The number of nitrogens with zero attached hydrogens (tertiary/aromatic N) is 2. The maximum Gasteiger partial charge on any atom is 0.137 e. The largest absolute Gasteiger partial charge is 0.346 e. The molecule has 0 bridgehead atoms. The van der Waals surface area contributed by atoms with E-state index in [1.165, 1.54) is 56.3 Å². The minimum absolute atomic E-state index is 0.716. The van der Waals surface area contributed by atoms with Gasteiger partial charge in [-0.05, 0) is 68.3 Å². The van der Waals surface area contributed by atoms with Crippen LogP contribution in [0.25, 0.3) is 11.0 Å². The molecule has 2 aliphatic rings. The van der Waals surface area contributed by atoms with Gasteiger partial charge in [-0.1, -0.05) is 0 Å². The first-order valence-corrected chi connectivity index (χ1v) is 7.54. The van der Waals surface area contributed by atoms with Gasteiger partial charge < -0.3 is 9.88 Å². The number of hydrogen-bond acceptors (Lipinski definition) is 2. The molecule has 2 fully saturated rings. The van der Waals surface area contributed by atoms with Gasteiger partial charge in [0.15, 0.2) is 0 Å². The van der Waals surface area contributed by atoms with Gasteiger partial charge in [-0.3, -0.25) is 0 Å². The third-order valence-electron chi connectivity index (χ3n) is 4.72. The molecule has 0 amide bonds. The van der Waals surface area contributed by atoms with Crippen LogP contribution in [0.5, 0.6) is 0 Å². The van der Waals surface area contributed by atoms with Crippen LogP contribution in [0.3, 0.4) is 0 Å². The third kappa shape index (κ3) is 2.27. The molecule has 2 aromatic heterocycles. The second kappa shape index (κ2) is 4.64. The number of nitrogens with one attached hydrogen (secondary N) is 1. The summed E-state index contributed by atoms with van der Waals surface area (Å²) in [7, 11) is 0. The first-order chi connectivity index (χ1) is 9.40. The molecule has 0 radical (unpaired) electrons. The summed E-state index contributed by atoms with van der Waals surface area (Å²) < 4.78 is 0. The molecule has 3 heterocycles. The average Bonchev–Trinajstić information content (AvgIpc) is 3.16. The molecular formula is C16H21N3. The van der Waals surface area contributed by atoms with Gasteiger partial charge in [0.05, 0.1) is 0 Å². The SMILES string of the molecule is c1cnc2[nH]cc(C3CCN(CC4CC4)CC3)c2c1. The van der Waals surface area contributed by atoms with Gasteiger partial charge in [0.25, 0.3) is 0 Å². The van der Waals surface area contributed by atoms with Crippen molar-refractivity contribution in [2.75, 3.05) is 19.6 Å². The quantitative estimate of drug-likeness (QED) is 0.913. The van der Waals surface area contributed by atoms with Crippen molar-refractivity contribution in [1.82, 2.24) is 14.9 Å². The monoisotopic (exact) mass is 255 g/mol. The van der Waals surface area contributed by atoms with E-state index in [0.29, 0.717) is 5.92 Å². The number of hydrogen-bond donors (Lipinski definition) is 1. The summed E-state index contributed by atoms with van der Waals surface area (Å²) in [5.41, 5.74) is 2.52. The lowest BCUT2D eigenvalue weighted by Gasteiger charge is -2.31. The van der Waals surface area contributed by atoms with Crippen LogP contribution in [-0.2, 0) is 0 Å². The van der Waals surface area contributed by atoms with Crippen molar-refractivity contribution >= 4 is 11.0 Å². The van der Waals surface area contributed by atoms with E-state index >= 15 is 0 Å². The Morgan fingerprint density at radius 1 is 1.21 bits per heavy atom. The molecule has 1 saturated carbocycles. The zero-order valence-electron chi connectivity index (χ0n) is 11.3. The second-order valence-electron chi connectivity index (χ2n) is 6.16. The Labute approximate surface area is 114 Å². The smallest absolute Gasteiger partial charge is 0.137 e. The summed E-state index contributed by atoms with van der Waals surface area (Å²) >= 11 is 0. The minimum atomic E-state index is 0.716. The molecule has 0 aromatic carbocycles. The molecule has 1 aliphatic heterocycles. The van der Waals surface area contributed by atoms with Crippen LogP contribution in [-0.4, -0.2) is 34.5 Å². The van der Waals surface area contributed by atoms with E-state index in [1.807, 2.05) is 12.3 Å². The Hall–Kier alpha value is -1.35. The van der Waals surface area contributed by atoms with Crippen LogP contribution in [0, 0.1) is 5.92 Å². The van der Waals surface area contributed by atoms with Gasteiger partial charge in [-0.15, -0.1) is 0 Å². The van der Waals surface area contributed by atoms with E-state index in [-0.39, 0.29) is 0 Å². The summed E-state index contributed by atoms with van der Waals surface area (Å²) in [6, 6.07) is 4.24. The van der Waals surface area contributed by atoms with E-state index in [0.717, 1.165) is 11.6 Å². The first kappa shape index (κ1) is 11.5. The Bertz CT molecular complexity index is 562. The molecule has 3 heteroatoms. The van der Waals surface area contributed by atoms with Crippen molar-refractivity contribution in [3.8, 4) is 0 Å². The van der Waals surface area contributed by atoms with Crippen molar-refractivity contribution < 1.29 is 0 Å². The standard InChI is InChI=1S/C16H21N3/c1-2-14-15(10-18-16(14)17-7-1)13-5-8-19(9-6-13)11-12-3-4-12/h1-2,7,10,12-13H,3-6,8-9,11H2,(H,17,18). The first-order valence-electron chi connectivity index (χ1n) is 7.54. The van der Waals surface area contributed by atoms with E-state index in [1.54, 1.807) is 0 Å². The second-order valence-corrected chi connectivity index (χ2v) is 6.16. The van der Waals surface area contributed by atoms with Gasteiger partial charge in [-0.25, -0.2) is 4.98 Å².